The molecule has 1 aliphatic rings. The normalized spacial score (nSPS) is 14.6. The van der Waals surface area contributed by atoms with Crippen molar-refractivity contribution in [1.82, 2.24) is 15.0 Å². The zero-order chi connectivity index (χ0) is 22.3. The van der Waals surface area contributed by atoms with Gasteiger partial charge in [-0.25, -0.2) is 0 Å². The Bertz CT molecular complexity index is 987. The summed E-state index contributed by atoms with van der Waals surface area (Å²) in [6, 6.07) is 18.7. The third-order valence-corrected chi connectivity index (χ3v) is 5.99. The largest absolute Gasteiger partial charge is 0.497 e. The van der Waals surface area contributed by atoms with Crippen LogP contribution in [0.4, 0.5) is 23.5 Å². The van der Waals surface area contributed by atoms with E-state index in [1.54, 1.807) is 7.11 Å². The van der Waals surface area contributed by atoms with E-state index in [0.717, 1.165) is 24.3 Å². The Morgan fingerprint density at radius 1 is 0.875 bits per heavy atom. The number of methoxy groups -OCH3 is 1. The van der Waals surface area contributed by atoms with Gasteiger partial charge in [-0.3, -0.25) is 0 Å². The van der Waals surface area contributed by atoms with Crippen LogP contribution in [-0.4, -0.2) is 35.2 Å². The van der Waals surface area contributed by atoms with Gasteiger partial charge in [0.15, 0.2) is 0 Å². The molecule has 1 aromatic heterocycles. The molecule has 1 saturated carbocycles. The van der Waals surface area contributed by atoms with Gasteiger partial charge in [0, 0.05) is 25.3 Å². The van der Waals surface area contributed by atoms with E-state index in [0.29, 0.717) is 24.5 Å². The van der Waals surface area contributed by atoms with E-state index < -0.39 is 0 Å². The van der Waals surface area contributed by atoms with Gasteiger partial charge in [-0.15, -0.1) is 0 Å². The lowest BCUT2D eigenvalue weighted by Crippen LogP contribution is -2.33. The molecule has 0 atom stereocenters. The van der Waals surface area contributed by atoms with Gasteiger partial charge in [0.1, 0.15) is 5.75 Å². The molecule has 168 valence electrons. The lowest BCUT2D eigenvalue weighted by Gasteiger charge is -2.32. The lowest BCUT2D eigenvalue weighted by molar-refractivity contribution is 0.414. The van der Waals surface area contributed by atoms with Crippen LogP contribution in [0.2, 0.25) is 0 Å². The molecular weight excluding hydrogens is 400 g/mol. The Morgan fingerprint density at radius 2 is 1.53 bits per heavy atom. The molecule has 0 radical (unpaired) electrons. The van der Waals surface area contributed by atoms with Gasteiger partial charge in [-0.05, 0) is 42.7 Å². The molecule has 7 heteroatoms. The Balaban J connectivity index is 1.69. The molecule has 1 aliphatic carbocycles. The highest BCUT2D eigenvalue weighted by Crippen LogP contribution is 2.33. The van der Waals surface area contributed by atoms with Gasteiger partial charge in [0.05, 0.1) is 7.11 Å². The van der Waals surface area contributed by atoms with E-state index in [4.69, 9.17) is 15.5 Å². The topological polar surface area (TPSA) is 80.4 Å². The summed E-state index contributed by atoms with van der Waals surface area (Å²) in [6.07, 6.45) is 7.17. The molecule has 0 spiro atoms. The summed E-state index contributed by atoms with van der Waals surface area (Å²) in [5.41, 5.74) is 8.41. The maximum Gasteiger partial charge on any atom is 0.236 e. The molecule has 0 bridgehead atoms. The summed E-state index contributed by atoms with van der Waals surface area (Å²) in [5.74, 6) is 2.23. The number of nitrogens with zero attached hydrogens (tertiary/aromatic N) is 5. The summed E-state index contributed by atoms with van der Waals surface area (Å²) in [4.78, 5) is 18.1. The van der Waals surface area contributed by atoms with Crippen molar-refractivity contribution < 1.29 is 4.74 Å². The highest BCUT2D eigenvalue weighted by Gasteiger charge is 2.26. The number of rotatable bonds is 7. The van der Waals surface area contributed by atoms with Crippen LogP contribution in [0.1, 0.15) is 44.1 Å². The van der Waals surface area contributed by atoms with Crippen molar-refractivity contribution in [2.24, 2.45) is 0 Å². The minimum atomic E-state index is 0.233. The van der Waals surface area contributed by atoms with Crippen LogP contribution in [0.3, 0.4) is 0 Å². The number of aromatic nitrogens is 3. The summed E-state index contributed by atoms with van der Waals surface area (Å²) < 4.78 is 5.36. The van der Waals surface area contributed by atoms with E-state index in [-0.39, 0.29) is 5.95 Å². The summed E-state index contributed by atoms with van der Waals surface area (Å²) in [6.45, 7) is 0.690. The first-order valence-electron chi connectivity index (χ1n) is 11.3. The van der Waals surface area contributed by atoms with Crippen LogP contribution in [0.5, 0.6) is 5.75 Å². The van der Waals surface area contributed by atoms with E-state index in [1.165, 1.54) is 31.2 Å². The van der Waals surface area contributed by atoms with Crippen LogP contribution in [0, 0.1) is 0 Å². The highest BCUT2D eigenvalue weighted by molar-refractivity contribution is 5.61. The van der Waals surface area contributed by atoms with Gasteiger partial charge in [0.2, 0.25) is 17.8 Å². The predicted octanol–water partition coefficient (Wildman–Crippen LogP) is 4.96. The minimum absolute atomic E-state index is 0.233. The smallest absolute Gasteiger partial charge is 0.236 e. The molecule has 0 aliphatic heterocycles. The average Bonchev–Trinajstić information content (AvgIpc) is 3.09. The van der Waals surface area contributed by atoms with Crippen LogP contribution < -0.4 is 20.3 Å². The van der Waals surface area contributed by atoms with Crippen molar-refractivity contribution in [3.8, 4) is 5.75 Å². The molecule has 0 saturated heterocycles. The summed E-state index contributed by atoms with van der Waals surface area (Å²) in [7, 11) is 3.66. The first kappa shape index (κ1) is 21.9. The summed E-state index contributed by atoms with van der Waals surface area (Å²) in [5, 5.41) is 0. The zero-order valence-electron chi connectivity index (χ0n) is 18.9. The van der Waals surface area contributed by atoms with Crippen molar-refractivity contribution >= 4 is 23.5 Å². The van der Waals surface area contributed by atoms with Crippen LogP contribution in [0.15, 0.2) is 54.6 Å². The maximum atomic E-state index is 6.18. The van der Waals surface area contributed by atoms with E-state index >= 15 is 0 Å². The predicted molar refractivity (Wildman–Crippen MR) is 129 cm³/mol. The molecule has 0 amide bonds. The Labute approximate surface area is 190 Å². The Hall–Kier alpha value is -3.35. The highest BCUT2D eigenvalue weighted by atomic mass is 16.5. The SMILES string of the molecule is COc1ccc(N(c2nc(N)nc(N(C)Cc3ccccc3)n2)C2CCCCCC2)cc1. The first-order valence-corrected chi connectivity index (χ1v) is 11.3. The van der Waals surface area contributed by atoms with Gasteiger partial charge < -0.3 is 20.3 Å². The van der Waals surface area contributed by atoms with Gasteiger partial charge in [0.25, 0.3) is 0 Å². The molecule has 0 unspecified atom stereocenters. The number of hydrogen-bond acceptors (Lipinski definition) is 7. The minimum Gasteiger partial charge on any atom is -0.497 e. The fourth-order valence-corrected chi connectivity index (χ4v) is 4.32. The first-order chi connectivity index (χ1) is 15.6. The molecule has 1 heterocycles. The van der Waals surface area contributed by atoms with E-state index in [2.05, 4.69) is 39.1 Å². The van der Waals surface area contributed by atoms with Crippen molar-refractivity contribution in [3.63, 3.8) is 0 Å². The molecule has 2 N–H and O–H groups in total. The second kappa shape index (κ2) is 10.3. The molecule has 2 aromatic carbocycles. The number of hydrogen-bond donors (Lipinski definition) is 1. The molecular formula is C25H32N6O. The Morgan fingerprint density at radius 3 is 2.19 bits per heavy atom. The Kier molecular flexibility index (Phi) is 7.04. The zero-order valence-corrected chi connectivity index (χ0v) is 18.9. The second-order valence-electron chi connectivity index (χ2n) is 8.35. The number of anilines is 4. The fraction of sp³-hybridized carbons (Fsp3) is 0.400. The number of ether oxygens (including phenoxy) is 1. The fourth-order valence-electron chi connectivity index (χ4n) is 4.32. The number of nitrogens with two attached hydrogens (primary N) is 1. The van der Waals surface area contributed by atoms with Crippen molar-refractivity contribution in [2.75, 3.05) is 29.7 Å². The van der Waals surface area contributed by atoms with Gasteiger partial charge >= 0.3 is 0 Å². The quantitative estimate of drug-likeness (QED) is 0.529. The number of benzene rings is 2. The van der Waals surface area contributed by atoms with Crippen molar-refractivity contribution in [3.05, 3.63) is 60.2 Å². The molecule has 4 rings (SSSR count). The maximum absolute atomic E-state index is 6.18. The molecule has 1 fully saturated rings. The van der Waals surface area contributed by atoms with E-state index in [1.807, 2.05) is 42.3 Å². The van der Waals surface area contributed by atoms with Gasteiger partial charge in [-0.1, -0.05) is 56.0 Å². The average molecular weight is 433 g/mol. The van der Waals surface area contributed by atoms with Crippen molar-refractivity contribution in [1.29, 1.82) is 0 Å². The van der Waals surface area contributed by atoms with Crippen LogP contribution in [-0.2, 0) is 6.54 Å². The monoisotopic (exact) mass is 432 g/mol. The number of nitrogen functional groups attached to an aromatic ring is 1. The molecule has 7 nitrogen and oxygen atoms in total. The standard InChI is InChI=1S/C25H32N6O/c1-30(18-19-10-6-5-7-11-19)24-27-23(26)28-25(29-24)31(20-12-8-3-4-9-13-20)21-14-16-22(32-2)17-15-21/h5-7,10-11,14-17,20H,3-4,8-9,12-13,18H2,1-2H3,(H2,26,27,28,29). The summed E-state index contributed by atoms with van der Waals surface area (Å²) >= 11 is 0. The molecule has 3 aromatic rings. The lowest BCUT2D eigenvalue weighted by atomic mass is 10.1. The van der Waals surface area contributed by atoms with Gasteiger partial charge in [-0.2, -0.15) is 15.0 Å². The second-order valence-corrected chi connectivity index (χ2v) is 8.35. The van der Waals surface area contributed by atoms with Crippen molar-refractivity contribution in [2.45, 2.75) is 51.1 Å². The third-order valence-electron chi connectivity index (χ3n) is 5.99. The molecule has 32 heavy (non-hydrogen) atoms. The van der Waals surface area contributed by atoms with E-state index in [9.17, 15) is 0 Å². The third kappa shape index (κ3) is 5.28. The van der Waals surface area contributed by atoms with Crippen LogP contribution >= 0.6 is 0 Å². The van der Waals surface area contributed by atoms with Crippen LogP contribution in [0.25, 0.3) is 0 Å².